The summed E-state index contributed by atoms with van der Waals surface area (Å²) in [5.41, 5.74) is 2.97. The Balaban J connectivity index is 1.39. The van der Waals surface area contributed by atoms with Crippen LogP contribution in [0.5, 0.6) is 5.75 Å². The third kappa shape index (κ3) is 9.58. The molecule has 54 heavy (non-hydrogen) atoms. The number of hydrogen-bond acceptors (Lipinski definition) is 10. The molecule has 0 aliphatic heterocycles. The zero-order valence-electron chi connectivity index (χ0n) is 31.1. The molecule has 2 aromatic heterocycles. The lowest BCUT2D eigenvalue weighted by molar-refractivity contribution is -0.119. The molecule has 3 aromatic carbocycles. The van der Waals surface area contributed by atoms with Crippen LogP contribution in [0.15, 0.2) is 90.0 Å². The fourth-order valence-corrected chi connectivity index (χ4v) is 6.01. The normalized spacial score (nSPS) is 12.2. The van der Waals surface area contributed by atoms with Crippen LogP contribution in [0.1, 0.15) is 44.7 Å². The number of Topliss-reactive ketones (excluding diaryl/α,β-unsaturated/α-hetero) is 1. The van der Waals surface area contributed by atoms with Gasteiger partial charge in [-0.2, -0.15) is 4.98 Å². The lowest BCUT2D eigenvalue weighted by Crippen LogP contribution is -2.37. The Hall–Kier alpha value is -5.83. The molecule has 2 amide bonds. The van der Waals surface area contributed by atoms with E-state index in [4.69, 9.17) is 14.2 Å². The van der Waals surface area contributed by atoms with E-state index in [1.807, 2.05) is 30.3 Å². The van der Waals surface area contributed by atoms with Gasteiger partial charge < -0.3 is 19.1 Å². The largest absolute Gasteiger partial charge is 0.495 e. The van der Waals surface area contributed by atoms with Crippen LogP contribution < -0.4 is 9.64 Å². The Morgan fingerprint density at radius 3 is 2.22 bits per heavy atom. The second kappa shape index (κ2) is 16.0. The Morgan fingerprint density at radius 2 is 1.59 bits per heavy atom. The second-order valence-electron chi connectivity index (χ2n) is 13.7. The first-order valence-corrected chi connectivity index (χ1v) is 18.9. The standard InChI is InChI=1S/C39H42FN5O8S/c1-25(27-12-15-30(40)16-13-27)33(46)22-26-8-10-28(11-9-26)29-14-19-35-41-36(42-44(35)24-29)45(32-18-17-31(54(7,49)50)23-34(32)51-6)38(48)52-21-20-43(5)37(47)53-39(2,3)4/h8-19,23-25H,20-22H2,1-7H3/t25-/m1/s1. The van der Waals surface area contributed by atoms with Crippen molar-refractivity contribution < 1.29 is 41.4 Å². The zero-order chi connectivity index (χ0) is 39.4. The number of ketones is 1. The maximum Gasteiger partial charge on any atom is 0.421 e. The summed E-state index contributed by atoms with van der Waals surface area (Å²) >= 11 is 0. The molecule has 2 heterocycles. The predicted molar refractivity (Wildman–Crippen MR) is 200 cm³/mol. The van der Waals surface area contributed by atoms with Crippen molar-refractivity contribution in [3.63, 3.8) is 0 Å². The quantitative estimate of drug-likeness (QED) is 0.130. The van der Waals surface area contributed by atoms with E-state index in [9.17, 15) is 27.2 Å². The summed E-state index contributed by atoms with van der Waals surface area (Å²) in [6.45, 7) is 6.83. The number of rotatable bonds is 12. The Labute approximate surface area is 313 Å². The summed E-state index contributed by atoms with van der Waals surface area (Å²) in [6.07, 6.45) is 1.49. The molecule has 15 heteroatoms. The number of aromatic nitrogens is 3. The number of sulfone groups is 1. The molecule has 5 rings (SSSR count). The number of ether oxygens (including phenoxy) is 3. The van der Waals surface area contributed by atoms with Crippen LogP contribution in [-0.4, -0.2) is 85.1 Å². The Morgan fingerprint density at radius 1 is 0.926 bits per heavy atom. The molecule has 0 saturated heterocycles. The van der Waals surface area contributed by atoms with Crippen LogP contribution in [0.4, 0.5) is 25.6 Å². The number of methoxy groups -OCH3 is 1. The van der Waals surface area contributed by atoms with Crippen LogP contribution in [0.3, 0.4) is 0 Å². The minimum atomic E-state index is -3.61. The second-order valence-corrected chi connectivity index (χ2v) is 15.7. The summed E-state index contributed by atoms with van der Waals surface area (Å²) in [6, 6.07) is 21.0. The predicted octanol–water partition coefficient (Wildman–Crippen LogP) is 7.00. The summed E-state index contributed by atoms with van der Waals surface area (Å²) in [5.74, 6) is -0.778. The third-order valence-corrected chi connectivity index (χ3v) is 9.51. The molecule has 0 aliphatic rings. The van der Waals surface area contributed by atoms with Crippen LogP contribution in [0.2, 0.25) is 0 Å². The van der Waals surface area contributed by atoms with E-state index in [2.05, 4.69) is 10.1 Å². The molecule has 13 nitrogen and oxygen atoms in total. The number of benzene rings is 3. The van der Waals surface area contributed by atoms with Gasteiger partial charge in [0, 0.05) is 43.5 Å². The molecule has 0 unspecified atom stereocenters. The van der Waals surface area contributed by atoms with Gasteiger partial charge in [0.2, 0.25) is 0 Å². The molecule has 0 saturated carbocycles. The van der Waals surface area contributed by atoms with Crippen LogP contribution in [0.25, 0.3) is 16.8 Å². The molecular formula is C39H42FN5O8S. The molecule has 0 radical (unpaired) electrons. The van der Waals surface area contributed by atoms with E-state index < -0.39 is 27.6 Å². The molecule has 0 bridgehead atoms. The lowest BCUT2D eigenvalue weighted by Gasteiger charge is -2.25. The van der Waals surface area contributed by atoms with Crippen molar-refractivity contribution in [3.05, 3.63) is 102 Å². The summed E-state index contributed by atoms with van der Waals surface area (Å²) in [4.78, 5) is 46.0. The van der Waals surface area contributed by atoms with E-state index >= 15 is 0 Å². The van der Waals surface area contributed by atoms with Gasteiger partial charge in [-0.25, -0.2) is 31.8 Å². The van der Waals surface area contributed by atoms with Gasteiger partial charge in [0.1, 0.15) is 29.6 Å². The van der Waals surface area contributed by atoms with Crippen molar-refractivity contribution in [1.29, 1.82) is 0 Å². The van der Waals surface area contributed by atoms with Gasteiger partial charge in [-0.05, 0) is 73.9 Å². The average Bonchev–Trinajstić information content (AvgIpc) is 3.53. The summed E-state index contributed by atoms with van der Waals surface area (Å²) in [7, 11) is -0.767. The third-order valence-electron chi connectivity index (χ3n) is 8.40. The maximum atomic E-state index is 13.8. The van der Waals surface area contributed by atoms with E-state index in [0.717, 1.165) is 33.4 Å². The van der Waals surface area contributed by atoms with Crippen molar-refractivity contribution in [1.82, 2.24) is 19.5 Å². The van der Waals surface area contributed by atoms with Gasteiger partial charge in [-0.3, -0.25) is 4.79 Å². The van der Waals surface area contributed by atoms with Crippen LogP contribution in [0, 0.1) is 5.82 Å². The van der Waals surface area contributed by atoms with Crippen molar-refractivity contribution >= 4 is 45.1 Å². The van der Waals surface area contributed by atoms with E-state index in [1.54, 1.807) is 52.1 Å². The summed E-state index contributed by atoms with van der Waals surface area (Å²) < 4.78 is 55.9. The van der Waals surface area contributed by atoms with Gasteiger partial charge in [-0.1, -0.05) is 43.3 Å². The fourth-order valence-electron chi connectivity index (χ4n) is 5.37. The Kier molecular flexibility index (Phi) is 11.7. The topological polar surface area (TPSA) is 150 Å². The zero-order valence-corrected chi connectivity index (χ0v) is 31.9. The number of amides is 2. The average molecular weight is 760 g/mol. The molecule has 0 spiro atoms. The van der Waals surface area contributed by atoms with Crippen molar-refractivity contribution in [2.45, 2.75) is 50.5 Å². The molecule has 1 atom stereocenters. The molecule has 0 aliphatic carbocycles. The molecule has 0 fully saturated rings. The highest BCUT2D eigenvalue weighted by atomic mass is 32.2. The number of anilines is 2. The number of likely N-dealkylation sites (N-methyl/N-ethyl adjacent to an activating group) is 1. The van der Waals surface area contributed by atoms with Crippen LogP contribution in [-0.2, 0) is 30.5 Å². The number of halogens is 1. The van der Waals surface area contributed by atoms with Gasteiger partial charge in [-0.15, -0.1) is 5.10 Å². The lowest BCUT2D eigenvalue weighted by atomic mass is 9.92. The first-order valence-electron chi connectivity index (χ1n) is 17.0. The number of fused-ring (bicyclic) bond motifs is 1. The van der Waals surface area contributed by atoms with Gasteiger partial charge in [0.25, 0.3) is 5.95 Å². The Bertz CT molecular complexity index is 2270. The molecule has 5 aromatic rings. The molecule has 284 valence electrons. The number of pyridine rings is 1. The SMILES string of the molecule is COc1cc(S(C)(=O)=O)ccc1N(C(=O)OCCN(C)C(=O)OC(C)(C)C)c1nc2ccc(-c3ccc(CC(=O)[C@H](C)c4ccc(F)cc4)cc3)cn2n1. The number of carbonyl (C=O) groups excluding carboxylic acids is 3. The number of hydrogen-bond donors (Lipinski definition) is 0. The van der Waals surface area contributed by atoms with Gasteiger partial charge in [0.05, 0.1) is 24.2 Å². The first kappa shape index (κ1) is 39.4. The van der Waals surface area contributed by atoms with E-state index in [0.29, 0.717) is 5.65 Å². The number of carbonyl (C=O) groups is 3. The van der Waals surface area contributed by atoms with E-state index in [-0.39, 0.29) is 59.4 Å². The number of nitrogens with zero attached hydrogens (tertiary/aromatic N) is 5. The van der Waals surface area contributed by atoms with Gasteiger partial charge >= 0.3 is 12.2 Å². The smallest absolute Gasteiger partial charge is 0.421 e. The highest BCUT2D eigenvalue weighted by Crippen LogP contribution is 2.35. The van der Waals surface area contributed by atoms with Crippen molar-refractivity contribution in [3.8, 4) is 16.9 Å². The minimum Gasteiger partial charge on any atom is -0.495 e. The maximum absolute atomic E-state index is 13.8. The van der Waals surface area contributed by atoms with E-state index in [1.165, 1.54) is 53.9 Å². The van der Waals surface area contributed by atoms with Gasteiger partial charge in [0.15, 0.2) is 15.5 Å². The highest BCUT2D eigenvalue weighted by Gasteiger charge is 2.29. The molecule has 0 N–H and O–H groups in total. The first-order chi connectivity index (χ1) is 25.4. The van der Waals surface area contributed by atoms with Crippen molar-refractivity contribution in [2.75, 3.05) is 38.5 Å². The summed E-state index contributed by atoms with van der Waals surface area (Å²) in [5, 5.41) is 4.57. The monoisotopic (exact) mass is 759 g/mol. The van der Waals surface area contributed by atoms with Crippen LogP contribution >= 0.6 is 0 Å². The fraction of sp³-hybridized carbons (Fsp3) is 0.308. The molecular weight excluding hydrogens is 718 g/mol. The van der Waals surface area contributed by atoms with Crippen molar-refractivity contribution in [2.24, 2.45) is 0 Å². The highest BCUT2D eigenvalue weighted by molar-refractivity contribution is 7.90. The minimum absolute atomic E-state index is 0.00616.